The summed E-state index contributed by atoms with van der Waals surface area (Å²) >= 11 is 1.89. The summed E-state index contributed by atoms with van der Waals surface area (Å²) < 4.78 is 1.85. The van der Waals surface area contributed by atoms with Gasteiger partial charge < -0.3 is 10.2 Å². The minimum absolute atomic E-state index is 0.0744. The van der Waals surface area contributed by atoms with Crippen molar-refractivity contribution in [3.63, 3.8) is 0 Å². The third-order valence-corrected chi connectivity index (χ3v) is 2.55. The normalized spacial score (nSPS) is 12.9. The quantitative estimate of drug-likeness (QED) is 0.739. The molecule has 0 spiro atoms. The van der Waals surface area contributed by atoms with Gasteiger partial charge in [-0.05, 0) is 29.5 Å². The summed E-state index contributed by atoms with van der Waals surface area (Å²) in [4.78, 5) is 15.6. The molecule has 0 aliphatic rings. The van der Waals surface area contributed by atoms with Crippen LogP contribution in [0, 0.1) is 10.5 Å². The Bertz CT molecular complexity index is 377. The molecular formula is C8H11IN2O3. The molecule has 0 aromatic carbocycles. The maximum atomic E-state index is 11.6. The molecular weight excluding hydrogens is 299 g/mol. The van der Waals surface area contributed by atoms with Crippen molar-refractivity contribution in [2.24, 2.45) is 0 Å². The highest BCUT2D eigenvalue weighted by Crippen LogP contribution is 1.98. The van der Waals surface area contributed by atoms with Gasteiger partial charge in [-0.3, -0.25) is 9.36 Å². The zero-order chi connectivity index (χ0) is 10.7. The largest absolute Gasteiger partial charge is 0.394 e. The predicted molar refractivity (Wildman–Crippen MR) is 59.0 cm³/mol. The molecule has 0 fully saturated rings. The molecule has 1 aromatic rings. The molecule has 0 bridgehead atoms. The molecule has 2 N–H and O–H groups in total. The van der Waals surface area contributed by atoms with Crippen LogP contribution in [-0.2, 0) is 6.54 Å². The van der Waals surface area contributed by atoms with Crippen molar-refractivity contribution >= 4 is 22.6 Å². The third-order valence-electron chi connectivity index (χ3n) is 1.81. The zero-order valence-corrected chi connectivity index (χ0v) is 9.80. The Morgan fingerprint density at radius 1 is 1.71 bits per heavy atom. The van der Waals surface area contributed by atoms with Crippen LogP contribution in [0.25, 0.3) is 0 Å². The van der Waals surface area contributed by atoms with Crippen LogP contribution in [0.1, 0.15) is 5.82 Å². The van der Waals surface area contributed by atoms with Crippen LogP contribution in [0.2, 0.25) is 0 Å². The average Bonchev–Trinajstić information content (AvgIpc) is 2.18. The maximum absolute atomic E-state index is 11.6. The molecule has 0 aliphatic heterocycles. The van der Waals surface area contributed by atoms with Gasteiger partial charge in [-0.1, -0.05) is 0 Å². The number of halogens is 1. The van der Waals surface area contributed by atoms with Gasteiger partial charge in [0.15, 0.2) is 0 Å². The SMILES string of the molecule is Cc1ncc(I)c(=O)n1CC(O)CO. The van der Waals surface area contributed by atoms with E-state index in [2.05, 4.69) is 4.98 Å². The Morgan fingerprint density at radius 2 is 2.36 bits per heavy atom. The van der Waals surface area contributed by atoms with Gasteiger partial charge in [0, 0.05) is 6.20 Å². The fraction of sp³-hybridized carbons (Fsp3) is 0.500. The molecule has 14 heavy (non-hydrogen) atoms. The Labute approximate surface area is 94.6 Å². The lowest BCUT2D eigenvalue weighted by atomic mass is 10.3. The minimum Gasteiger partial charge on any atom is -0.394 e. The molecule has 0 saturated carbocycles. The number of hydrogen-bond acceptors (Lipinski definition) is 4. The lowest BCUT2D eigenvalue weighted by molar-refractivity contribution is 0.0795. The van der Waals surface area contributed by atoms with E-state index in [0.717, 1.165) is 0 Å². The van der Waals surface area contributed by atoms with Crippen LogP contribution < -0.4 is 5.56 Å². The first-order valence-electron chi connectivity index (χ1n) is 4.07. The Kier molecular flexibility index (Phi) is 4.02. The van der Waals surface area contributed by atoms with E-state index in [9.17, 15) is 9.90 Å². The molecule has 0 saturated heterocycles. The summed E-state index contributed by atoms with van der Waals surface area (Å²) in [6.45, 7) is 1.39. The number of nitrogens with zero attached hydrogens (tertiary/aromatic N) is 2. The van der Waals surface area contributed by atoms with Crippen molar-refractivity contribution in [1.82, 2.24) is 9.55 Å². The van der Waals surface area contributed by atoms with E-state index >= 15 is 0 Å². The van der Waals surface area contributed by atoms with E-state index in [1.165, 1.54) is 10.8 Å². The maximum Gasteiger partial charge on any atom is 0.267 e. The van der Waals surface area contributed by atoms with E-state index in [1.807, 2.05) is 22.6 Å². The topological polar surface area (TPSA) is 75.4 Å². The van der Waals surface area contributed by atoms with Gasteiger partial charge in [-0.2, -0.15) is 0 Å². The second kappa shape index (κ2) is 4.85. The van der Waals surface area contributed by atoms with Gasteiger partial charge in [0.05, 0.1) is 22.8 Å². The van der Waals surface area contributed by atoms with E-state index in [-0.39, 0.29) is 18.7 Å². The van der Waals surface area contributed by atoms with E-state index in [0.29, 0.717) is 9.39 Å². The minimum atomic E-state index is -0.925. The van der Waals surface area contributed by atoms with Crippen LogP contribution in [0.4, 0.5) is 0 Å². The number of rotatable bonds is 3. The van der Waals surface area contributed by atoms with Crippen molar-refractivity contribution in [3.8, 4) is 0 Å². The molecule has 1 unspecified atom stereocenters. The molecule has 78 valence electrons. The lowest BCUT2D eigenvalue weighted by Crippen LogP contribution is -2.32. The Balaban J connectivity index is 3.07. The molecule has 0 radical (unpaired) electrons. The highest BCUT2D eigenvalue weighted by atomic mass is 127. The van der Waals surface area contributed by atoms with Crippen LogP contribution in [0.5, 0.6) is 0 Å². The molecule has 1 heterocycles. The highest BCUT2D eigenvalue weighted by molar-refractivity contribution is 14.1. The van der Waals surface area contributed by atoms with Gasteiger partial charge in [-0.25, -0.2) is 4.98 Å². The summed E-state index contributed by atoms with van der Waals surface area (Å²) in [5.41, 5.74) is -0.189. The second-order valence-corrected chi connectivity index (χ2v) is 4.07. The summed E-state index contributed by atoms with van der Waals surface area (Å²) in [5.74, 6) is 0.530. The fourth-order valence-corrected chi connectivity index (χ4v) is 1.46. The predicted octanol–water partition coefficient (Wildman–Crippen LogP) is -0.490. The number of aromatic nitrogens is 2. The van der Waals surface area contributed by atoms with Crippen molar-refractivity contribution in [2.75, 3.05) is 6.61 Å². The van der Waals surface area contributed by atoms with Gasteiger partial charge in [0.2, 0.25) is 0 Å². The number of aryl methyl sites for hydroxylation is 1. The summed E-state index contributed by atoms with van der Waals surface area (Å²) in [6.07, 6.45) is 0.562. The van der Waals surface area contributed by atoms with Crippen LogP contribution in [0.3, 0.4) is 0 Å². The molecule has 1 aromatic heterocycles. The van der Waals surface area contributed by atoms with E-state index in [4.69, 9.17) is 5.11 Å². The first-order chi connectivity index (χ1) is 6.56. The fourth-order valence-electron chi connectivity index (χ4n) is 1.03. The first kappa shape index (κ1) is 11.6. The van der Waals surface area contributed by atoms with Gasteiger partial charge in [0.25, 0.3) is 5.56 Å². The zero-order valence-electron chi connectivity index (χ0n) is 7.64. The van der Waals surface area contributed by atoms with E-state index in [1.54, 1.807) is 6.92 Å². The molecule has 5 nitrogen and oxygen atoms in total. The van der Waals surface area contributed by atoms with Crippen molar-refractivity contribution in [3.05, 3.63) is 25.9 Å². The first-order valence-corrected chi connectivity index (χ1v) is 5.15. The van der Waals surface area contributed by atoms with Crippen molar-refractivity contribution in [1.29, 1.82) is 0 Å². The summed E-state index contributed by atoms with van der Waals surface area (Å²) in [6, 6.07) is 0. The smallest absolute Gasteiger partial charge is 0.267 e. The Morgan fingerprint density at radius 3 is 2.93 bits per heavy atom. The van der Waals surface area contributed by atoms with Crippen LogP contribution in [0.15, 0.2) is 11.0 Å². The molecule has 6 heteroatoms. The van der Waals surface area contributed by atoms with Gasteiger partial charge in [0.1, 0.15) is 5.82 Å². The Hall–Kier alpha value is -0.470. The summed E-state index contributed by atoms with van der Waals surface area (Å²) in [7, 11) is 0. The van der Waals surface area contributed by atoms with Crippen LogP contribution in [-0.4, -0.2) is 32.5 Å². The molecule has 1 atom stereocenters. The number of aliphatic hydroxyl groups excluding tert-OH is 2. The second-order valence-electron chi connectivity index (χ2n) is 2.91. The average molecular weight is 310 g/mol. The molecule has 0 aliphatic carbocycles. The van der Waals surface area contributed by atoms with E-state index < -0.39 is 6.10 Å². The molecule has 1 rings (SSSR count). The highest BCUT2D eigenvalue weighted by Gasteiger charge is 2.09. The third kappa shape index (κ3) is 2.52. The monoisotopic (exact) mass is 310 g/mol. The summed E-state index contributed by atoms with van der Waals surface area (Å²) in [5, 5.41) is 17.9. The number of hydrogen-bond donors (Lipinski definition) is 2. The van der Waals surface area contributed by atoms with Crippen molar-refractivity contribution in [2.45, 2.75) is 19.6 Å². The van der Waals surface area contributed by atoms with Crippen LogP contribution >= 0.6 is 22.6 Å². The standard InChI is InChI=1S/C8H11IN2O3/c1-5-10-2-7(9)8(14)11(5)3-6(13)4-12/h2,6,12-13H,3-4H2,1H3. The van der Waals surface area contributed by atoms with Gasteiger partial charge in [-0.15, -0.1) is 0 Å². The molecule has 0 amide bonds. The number of aliphatic hydroxyl groups is 2. The van der Waals surface area contributed by atoms with Crippen molar-refractivity contribution < 1.29 is 10.2 Å². The lowest BCUT2D eigenvalue weighted by Gasteiger charge is -2.12. The van der Waals surface area contributed by atoms with Gasteiger partial charge >= 0.3 is 0 Å².